The Morgan fingerprint density at radius 3 is 2.47 bits per heavy atom. The molecule has 1 spiro atoms. The Hall–Kier alpha value is -3.37. The molecule has 0 unspecified atom stereocenters. The quantitative estimate of drug-likeness (QED) is 0.433. The van der Waals surface area contributed by atoms with Gasteiger partial charge in [0.25, 0.3) is 0 Å². The molecule has 4 heteroatoms. The van der Waals surface area contributed by atoms with Gasteiger partial charge in [-0.2, -0.15) is 0 Å². The largest absolute Gasteiger partial charge is 0.504 e. The fraction of sp³-hybridized carbons (Fsp3) is 0.344. The fourth-order valence-corrected chi connectivity index (χ4v) is 7.38. The highest BCUT2D eigenvalue weighted by Gasteiger charge is 2.65. The lowest BCUT2D eigenvalue weighted by atomic mass is 9.57. The lowest BCUT2D eigenvalue weighted by molar-refractivity contribution is -0.129. The number of allylic oxidation sites excluding steroid dienone is 1. The van der Waals surface area contributed by atoms with Gasteiger partial charge in [-0.1, -0.05) is 66.7 Å². The van der Waals surface area contributed by atoms with E-state index in [1.165, 1.54) is 5.56 Å². The Kier molecular flexibility index (Phi) is 5.93. The molecule has 4 atom stereocenters. The third-order valence-electron chi connectivity index (χ3n) is 8.67. The van der Waals surface area contributed by atoms with E-state index in [-0.39, 0.29) is 23.5 Å². The van der Waals surface area contributed by atoms with Crippen molar-refractivity contribution >= 4 is 11.9 Å². The Balaban J connectivity index is 1.56. The topological polar surface area (TPSA) is 49.8 Å². The highest BCUT2D eigenvalue weighted by molar-refractivity contribution is 6.05. The van der Waals surface area contributed by atoms with E-state index >= 15 is 0 Å². The first-order chi connectivity index (χ1) is 17.6. The maximum Gasteiger partial charge on any atom is 0.167 e. The molecule has 3 aromatic carbocycles. The summed E-state index contributed by atoms with van der Waals surface area (Å²) in [6.07, 6.45) is 7.00. The highest BCUT2D eigenvalue weighted by Crippen LogP contribution is 2.65. The third kappa shape index (κ3) is 3.58. The zero-order valence-corrected chi connectivity index (χ0v) is 20.8. The minimum absolute atomic E-state index is 0.0586. The van der Waals surface area contributed by atoms with Crippen molar-refractivity contribution in [3.05, 3.63) is 101 Å². The molecular weight excluding hydrogens is 446 g/mol. The molecule has 2 aliphatic heterocycles. The summed E-state index contributed by atoms with van der Waals surface area (Å²) in [6.45, 7) is 0.981. The van der Waals surface area contributed by atoms with E-state index in [1.807, 2.05) is 30.3 Å². The summed E-state index contributed by atoms with van der Waals surface area (Å²) in [5, 5.41) is 10.3. The molecular formula is C32H33NO3. The first-order valence-electron chi connectivity index (χ1n) is 13.1. The van der Waals surface area contributed by atoms with Gasteiger partial charge in [-0.05, 0) is 79.1 Å². The summed E-state index contributed by atoms with van der Waals surface area (Å²) >= 11 is 0. The lowest BCUT2D eigenvalue weighted by Gasteiger charge is -2.44. The van der Waals surface area contributed by atoms with Crippen molar-refractivity contribution < 1.29 is 14.6 Å². The van der Waals surface area contributed by atoms with Crippen LogP contribution in [0.2, 0.25) is 0 Å². The zero-order valence-electron chi connectivity index (χ0n) is 20.8. The summed E-state index contributed by atoms with van der Waals surface area (Å²) in [5.74, 6) is 1.01. The van der Waals surface area contributed by atoms with Gasteiger partial charge < -0.3 is 9.84 Å². The number of Topliss-reactive ketones (excluding diaryl/α,β-unsaturated/α-hetero) is 1. The Morgan fingerprint density at radius 2 is 1.72 bits per heavy atom. The second-order valence-corrected chi connectivity index (χ2v) is 10.5. The minimum atomic E-state index is -0.562. The second-order valence-electron chi connectivity index (χ2n) is 10.5. The van der Waals surface area contributed by atoms with Gasteiger partial charge in [0.2, 0.25) is 0 Å². The molecule has 2 saturated heterocycles. The van der Waals surface area contributed by atoms with Gasteiger partial charge in [0.15, 0.2) is 17.3 Å². The van der Waals surface area contributed by atoms with Crippen molar-refractivity contribution in [3.63, 3.8) is 0 Å². The lowest BCUT2D eigenvalue weighted by Crippen LogP contribution is -2.44. The van der Waals surface area contributed by atoms with Gasteiger partial charge in [0.1, 0.15) is 0 Å². The molecule has 36 heavy (non-hydrogen) atoms. The molecule has 2 heterocycles. The van der Waals surface area contributed by atoms with Crippen molar-refractivity contribution in [2.24, 2.45) is 5.41 Å². The van der Waals surface area contributed by atoms with E-state index in [0.717, 1.165) is 55.3 Å². The molecule has 4 nitrogen and oxygen atoms in total. The first kappa shape index (κ1) is 23.1. The number of aromatic hydroxyl groups is 1. The van der Waals surface area contributed by atoms with Crippen LogP contribution in [0.15, 0.2) is 84.4 Å². The molecule has 1 N–H and O–H groups in total. The van der Waals surface area contributed by atoms with Gasteiger partial charge >= 0.3 is 0 Å². The van der Waals surface area contributed by atoms with Gasteiger partial charge in [0.05, 0.1) is 12.5 Å². The second kappa shape index (κ2) is 9.25. The number of carbonyl (C=O) groups is 1. The van der Waals surface area contributed by atoms with Crippen LogP contribution < -0.4 is 4.74 Å². The SMILES string of the molecule is COc1cc([C@@H]2N3CCC[C@H]3[C@H](c3ccccc3)[C@]23CCC/C(=C\c2ccccc2)C3=O)ccc1O. The number of hydrogen-bond donors (Lipinski definition) is 1. The number of phenolic OH excluding ortho intramolecular Hbond substituents is 1. The molecule has 0 amide bonds. The number of methoxy groups -OCH3 is 1. The summed E-state index contributed by atoms with van der Waals surface area (Å²) in [6, 6.07) is 26.8. The molecule has 1 saturated carbocycles. The number of fused-ring (bicyclic) bond motifs is 1. The van der Waals surface area contributed by atoms with Crippen LogP contribution in [0, 0.1) is 5.41 Å². The van der Waals surface area contributed by atoms with Gasteiger partial charge in [-0.3, -0.25) is 9.69 Å². The molecule has 3 aliphatic rings. The number of rotatable bonds is 4. The maximum absolute atomic E-state index is 14.8. The summed E-state index contributed by atoms with van der Waals surface area (Å²) in [5.41, 5.74) is 3.77. The van der Waals surface area contributed by atoms with Crippen LogP contribution in [-0.4, -0.2) is 35.5 Å². The predicted molar refractivity (Wildman–Crippen MR) is 142 cm³/mol. The summed E-state index contributed by atoms with van der Waals surface area (Å²) in [7, 11) is 1.58. The summed E-state index contributed by atoms with van der Waals surface area (Å²) < 4.78 is 5.51. The average molecular weight is 480 g/mol. The maximum atomic E-state index is 14.8. The summed E-state index contributed by atoms with van der Waals surface area (Å²) in [4.78, 5) is 17.4. The van der Waals surface area contributed by atoms with Crippen LogP contribution in [0.5, 0.6) is 11.5 Å². The minimum Gasteiger partial charge on any atom is -0.504 e. The van der Waals surface area contributed by atoms with Gasteiger partial charge in [-0.15, -0.1) is 0 Å². The highest BCUT2D eigenvalue weighted by atomic mass is 16.5. The Labute approximate surface area is 213 Å². The zero-order chi connectivity index (χ0) is 24.7. The Morgan fingerprint density at radius 1 is 0.972 bits per heavy atom. The molecule has 0 aromatic heterocycles. The predicted octanol–water partition coefficient (Wildman–Crippen LogP) is 6.53. The standard InChI is InChI=1S/C32H33NO3/c1-36-28-21-24(16-17-27(28)34)30-32(18-8-14-25(31(32)35)20-22-10-4-2-5-11-22)29(23-12-6-3-7-13-23)26-15-9-19-33(26)30/h2-7,10-13,16-17,20-21,26,29-30,34H,8-9,14-15,18-19H2,1H3/b25-20+/t26-,29-,30-,32+/m0/s1. The molecule has 3 aromatic rings. The van der Waals surface area contributed by atoms with E-state index in [4.69, 9.17) is 4.74 Å². The van der Waals surface area contributed by atoms with Crippen LogP contribution in [0.1, 0.15) is 60.8 Å². The van der Waals surface area contributed by atoms with Crippen molar-refractivity contribution in [2.45, 2.75) is 50.1 Å². The van der Waals surface area contributed by atoms with E-state index in [1.54, 1.807) is 13.2 Å². The first-order valence-corrected chi connectivity index (χ1v) is 13.1. The van der Waals surface area contributed by atoms with Crippen molar-refractivity contribution in [1.82, 2.24) is 4.90 Å². The molecule has 0 radical (unpaired) electrons. The van der Waals surface area contributed by atoms with Crippen LogP contribution in [0.25, 0.3) is 6.08 Å². The van der Waals surface area contributed by atoms with Crippen LogP contribution in [0.4, 0.5) is 0 Å². The van der Waals surface area contributed by atoms with Crippen LogP contribution in [-0.2, 0) is 4.79 Å². The number of phenols is 1. The molecule has 6 rings (SSSR count). The average Bonchev–Trinajstić information content (AvgIpc) is 3.47. The number of ether oxygens (including phenoxy) is 1. The number of hydrogen-bond acceptors (Lipinski definition) is 4. The van der Waals surface area contributed by atoms with Crippen molar-refractivity contribution in [2.75, 3.05) is 13.7 Å². The van der Waals surface area contributed by atoms with E-state index in [9.17, 15) is 9.90 Å². The van der Waals surface area contributed by atoms with E-state index in [2.05, 4.69) is 53.4 Å². The van der Waals surface area contributed by atoms with Crippen molar-refractivity contribution in [1.29, 1.82) is 0 Å². The van der Waals surface area contributed by atoms with Gasteiger partial charge in [0, 0.05) is 18.0 Å². The number of benzene rings is 3. The smallest absolute Gasteiger partial charge is 0.167 e. The monoisotopic (exact) mass is 479 g/mol. The van der Waals surface area contributed by atoms with Crippen molar-refractivity contribution in [3.8, 4) is 11.5 Å². The van der Waals surface area contributed by atoms with E-state index in [0.29, 0.717) is 11.8 Å². The molecule has 0 bridgehead atoms. The van der Waals surface area contributed by atoms with Crippen LogP contribution >= 0.6 is 0 Å². The number of nitrogens with zero attached hydrogens (tertiary/aromatic N) is 1. The number of ketones is 1. The third-order valence-corrected chi connectivity index (χ3v) is 8.67. The molecule has 184 valence electrons. The fourth-order valence-electron chi connectivity index (χ4n) is 7.38. The van der Waals surface area contributed by atoms with Gasteiger partial charge in [-0.25, -0.2) is 0 Å². The Bertz CT molecular complexity index is 1290. The molecule has 3 fully saturated rings. The normalized spacial score (nSPS) is 29.1. The molecule has 1 aliphatic carbocycles. The number of carbonyl (C=O) groups excluding carboxylic acids is 1. The van der Waals surface area contributed by atoms with Crippen LogP contribution in [0.3, 0.4) is 0 Å². The van der Waals surface area contributed by atoms with E-state index < -0.39 is 5.41 Å².